The van der Waals surface area contributed by atoms with Crippen LogP contribution in [-0.2, 0) is 9.59 Å². The number of ether oxygens (including phenoxy) is 1. The van der Waals surface area contributed by atoms with Crippen molar-refractivity contribution < 1.29 is 18.7 Å². The first kappa shape index (κ1) is 26.6. The van der Waals surface area contributed by atoms with Gasteiger partial charge in [-0.2, -0.15) is 0 Å². The molecule has 2 atom stereocenters. The third-order valence-corrected chi connectivity index (χ3v) is 6.76. The molecule has 0 aromatic heterocycles. The number of alkyl halides is 1. The van der Waals surface area contributed by atoms with E-state index in [1.165, 1.54) is 17.0 Å². The first-order valence-electron chi connectivity index (χ1n) is 12.4. The van der Waals surface area contributed by atoms with E-state index in [9.17, 15) is 14.0 Å². The predicted octanol–water partition coefficient (Wildman–Crippen LogP) is 5.45. The van der Waals surface area contributed by atoms with Crippen LogP contribution in [0.1, 0.15) is 30.5 Å². The summed E-state index contributed by atoms with van der Waals surface area (Å²) in [4.78, 5) is 30.6. The van der Waals surface area contributed by atoms with Crippen LogP contribution in [0.15, 0.2) is 72.8 Å². The molecule has 8 heteroatoms. The molecule has 0 spiro atoms. The number of carbonyl (C=O) groups excluding carboxylic acids is 2. The van der Waals surface area contributed by atoms with Crippen LogP contribution >= 0.6 is 11.6 Å². The molecule has 3 aromatic rings. The number of halogens is 2. The zero-order chi connectivity index (χ0) is 26.4. The van der Waals surface area contributed by atoms with Gasteiger partial charge in [0, 0.05) is 31.4 Å². The predicted molar refractivity (Wildman–Crippen MR) is 144 cm³/mol. The first-order chi connectivity index (χ1) is 17.9. The van der Waals surface area contributed by atoms with E-state index >= 15 is 0 Å². The maximum Gasteiger partial charge on any atom is 0.250 e. The number of anilines is 1. The Labute approximate surface area is 222 Å². The van der Waals surface area contributed by atoms with Crippen LogP contribution in [0.4, 0.5) is 10.1 Å². The highest BCUT2D eigenvalue weighted by Crippen LogP contribution is 2.35. The molecule has 0 radical (unpaired) electrons. The second kappa shape index (κ2) is 12.2. The number of hydrogen-bond donors (Lipinski definition) is 1. The zero-order valence-corrected chi connectivity index (χ0v) is 21.7. The van der Waals surface area contributed by atoms with Crippen molar-refractivity contribution in [1.82, 2.24) is 10.2 Å². The summed E-state index contributed by atoms with van der Waals surface area (Å²) in [5, 5.41) is 3.41. The van der Waals surface area contributed by atoms with Crippen molar-refractivity contribution >= 4 is 29.1 Å². The average molecular weight is 524 g/mol. The van der Waals surface area contributed by atoms with Gasteiger partial charge in [0.25, 0.3) is 5.91 Å². The van der Waals surface area contributed by atoms with Crippen molar-refractivity contribution in [2.45, 2.75) is 32.4 Å². The lowest BCUT2D eigenvalue weighted by atomic mass is 10.00. The number of nitrogens with one attached hydrogen (secondary N) is 1. The average Bonchev–Trinajstić information content (AvgIpc) is 2.93. The monoisotopic (exact) mass is 523 g/mol. The van der Waals surface area contributed by atoms with Gasteiger partial charge in [-0.05, 0) is 66.9 Å². The molecule has 1 aliphatic rings. The number of amides is 2. The Hall–Kier alpha value is -3.42. The van der Waals surface area contributed by atoms with Gasteiger partial charge in [0.05, 0.1) is 0 Å². The summed E-state index contributed by atoms with van der Waals surface area (Å²) in [6.45, 7) is 5.62. The highest BCUT2D eigenvalue weighted by Gasteiger charge is 2.37. The molecular weight excluding hydrogens is 493 g/mol. The number of nitrogens with zero attached hydrogens (tertiary/aromatic N) is 2. The van der Waals surface area contributed by atoms with Gasteiger partial charge in [0.15, 0.2) is 0 Å². The molecule has 194 valence electrons. The van der Waals surface area contributed by atoms with Crippen molar-refractivity contribution in [1.29, 1.82) is 0 Å². The van der Waals surface area contributed by atoms with Crippen molar-refractivity contribution in [2.24, 2.45) is 0 Å². The summed E-state index contributed by atoms with van der Waals surface area (Å²) in [5.41, 5.74) is 1.79. The highest BCUT2D eigenvalue weighted by atomic mass is 35.5. The van der Waals surface area contributed by atoms with Crippen LogP contribution in [0.5, 0.6) is 11.5 Å². The minimum Gasteiger partial charge on any atom is -0.457 e. The Kier molecular flexibility index (Phi) is 8.79. The minimum atomic E-state index is -0.998. The number of para-hydroxylation sites is 1. The number of carbonyl (C=O) groups is 2. The highest BCUT2D eigenvalue weighted by molar-refractivity contribution is 6.30. The number of aryl methyl sites for hydroxylation is 1. The smallest absolute Gasteiger partial charge is 0.250 e. The van der Waals surface area contributed by atoms with E-state index in [1.54, 1.807) is 29.2 Å². The molecule has 2 amide bonds. The van der Waals surface area contributed by atoms with Crippen LogP contribution in [0, 0.1) is 12.7 Å². The lowest BCUT2D eigenvalue weighted by molar-refractivity contribution is -0.135. The standard InChI is InChI=1S/C29H31ClFN3O3/c1-3-23-19-33(16-15-32-23)29(36)28(21-9-11-22(31)12-10-21)34(27(35)18-30)26-14-13-25(17-20(26)2)37-24-7-5-4-6-8-24/h4-14,17,23,28,32H,3,15-16,18-19H2,1-2H3/t23-,28+/m1/s1. The third-order valence-electron chi connectivity index (χ3n) is 6.53. The van der Waals surface area contributed by atoms with Gasteiger partial charge in [-0.15, -0.1) is 11.6 Å². The van der Waals surface area contributed by atoms with Crippen LogP contribution in [-0.4, -0.2) is 48.3 Å². The Morgan fingerprint density at radius 2 is 1.84 bits per heavy atom. The second-order valence-corrected chi connectivity index (χ2v) is 9.33. The van der Waals surface area contributed by atoms with Gasteiger partial charge in [0.2, 0.25) is 5.91 Å². The molecular formula is C29H31ClFN3O3. The summed E-state index contributed by atoms with van der Waals surface area (Å²) < 4.78 is 19.8. The van der Waals surface area contributed by atoms with Crippen molar-refractivity contribution in [3.8, 4) is 11.5 Å². The minimum absolute atomic E-state index is 0.167. The van der Waals surface area contributed by atoms with Crippen LogP contribution in [0.2, 0.25) is 0 Å². The second-order valence-electron chi connectivity index (χ2n) is 9.06. The molecule has 1 fully saturated rings. The van der Waals surface area contributed by atoms with Crippen LogP contribution < -0.4 is 15.0 Å². The van der Waals surface area contributed by atoms with E-state index in [2.05, 4.69) is 12.2 Å². The summed E-state index contributed by atoms with van der Waals surface area (Å²) in [6, 6.07) is 19.6. The molecule has 0 aliphatic carbocycles. The lowest BCUT2D eigenvalue weighted by Crippen LogP contribution is -2.55. The lowest BCUT2D eigenvalue weighted by Gasteiger charge is -2.39. The summed E-state index contributed by atoms with van der Waals surface area (Å²) >= 11 is 6.07. The summed E-state index contributed by atoms with van der Waals surface area (Å²) in [7, 11) is 0. The summed E-state index contributed by atoms with van der Waals surface area (Å²) in [5.74, 6) is -0.0984. The van der Waals surface area contributed by atoms with Gasteiger partial charge in [-0.25, -0.2) is 4.39 Å². The molecule has 1 saturated heterocycles. The molecule has 1 N–H and O–H groups in total. The molecule has 0 saturated carbocycles. The van der Waals surface area contributed by atoms with Gasteiger partial charge in [-0.1, -0.05) is 37.3 Å². The Balaban J connectivity index is 1.74. The first-order valence-corrected chi connectivity index (χ1v) is 12.9. The van der Waals surface area contributed by atoms with Gasteiger partial charge in [-0.3, -0.25) is 14.5 Å². The van der Waals surface area contributed by atoms with E-state index in [0.29, 0.717) is 42.4 Å². The molecule has 4 rings (SSSR count). The SMILES string of the molecule is CC[C@@H]1CN(C(=O)[C@H](c2ccc(F)cc2)N(C(=O)CCl)c2ccc(Oc3ccccc3)cc2C)CCN1. The van der Waals surface area contributed by atoms with Gasteiger partial charge >= 0.3 is 0 Å². The molecule has 0 bridgehead atoms. The normalized spacial score (nSPS) is 16.2. The zero-order valence-electron chi connectivity index (χ0n) is 21.0. The molecule has 37 heavy (non-hydrogen) atoms. The fourth-order valence-electron chi connectivity index (χ4n) is 4.59. The van der Waals surface area contributed by atoms with E-state index in [1.807, 2.05) is 43.3 Å². The van der Waals surface area contributed by atoms with Crippen molar-refractivity contribution in [3.05, 3.63) is 89.7 Å². The topological polar surface area (TPSA) is 61.9 Å². The van der Waals surface area contributed by atoms with Crippen molar-refractivity contribution in [2.75, 3.05) is 30.4 Å². The molecule has 0 unspecified atom stereocenters. The molecule has 1 aliphatic heterocycles. The maximum atomic E-state index is 14.0. The third kappa shape index (κ3) is 6.29. The molecule has 1 heterocycles. The summed E-state index contributed by atoms with van der Waals surface area (Å²) in [6.07, 6.45) is 0.872. The number of rotatable bonds is 8. The fraction of sp³-hybridized carbons (Fsp3) is 0.310. The van der Waals surface area contributed by atoms with E-state index in [-0.39, 0.29) is 17.8 Å². The maximum absolute atomic E-state index is 14.0. The number of hydrogen-bond acceptors (Lipinski definition) is 4. The quantitative estimate of drug-likeness (QED) is 0.399. The van der Waals surface area contributed by atoms with Crippen molar-refractivity contribution in [3.63, 3.8) is 0 Å². The Morgan fingerprint density at radius 3 is 2.49 bits per heavy atom. The van der Waals surface area contributed by atoms with E-state index in [4.69, 9.17) is 16.3 Å². The Bertz CT molecular complexity index is 1220. The number of piperazine rings is 1. The van der Waals surface area contributed by atoms with E-state index in [0.717, 1.165) is 12.0 Å². The number of benzene rings is 3. The Morgan fingerprint density at radius 1 is 1.11 bits per heavy atom. The van der Waals surface area contributed by atoms with Gasteiger partial charge in [0.1, 0.15) is 29.2 Å². The molecule has 3 aromatic carbocycles. The molecule has 6 nitrogen and oxygen atoms in total. The van der Waals surface area contributed by atoms with Crippen LogP contribution in [0.3, 0.4) is 0 Å². The largest absolute Gasteiger partial charge is 0.457 e. The fourth-order valence-corrected chi connectivity index (χ4v) is 4.72. The van der Waals surface area contributed by atoms with Gasteiger partial charge < -0.3 is 15.0 Å². The van der Waals surface area contributed by atoms with E-state index < -0.39 is 17.8 Å². The van der Waals surface area contributed by atoms with Crippen LogP contribution in [0.25, 0.3) is 0 Å².